The number of aromatic nitrogens is 2. The van der Waals surface area contributed by atoms with Crippen molar-refractivity contribution < 1.29 is 9.90 Å². The maximum absolute atomic E-state index is 11.9. The third kappa shape index (κ3) is 1.60. The van der Waals surface area contributed by atoms with E-state index in [0.29, 0.717) is 5.39 Å². The SMILES string of the molecule is CC(=O)c1[nH]c(=O)c2c(C)c(C)cnc2c1O. The van der Waals surface area contributed by atoms with E-state index in [4.69, 9.17) is 0 Å². The normalized spacial score (nSPS) is 10.8. The van der Waals surface area contributed by atoms with Gasteiger partial charge >= 0.3 is 0 Å². The molecule has 2 N–H and O–H groups in total. The molecule has 0 spiro atoms. The molecule has 0 atom stereocenters. The summed E-state index contributed by atoms with van der Waals surface area (Å²) in [7, 11) is 0. The third-order valence-corrected chi connectivity index (χ3v) is 2.87. The quantitative estimate of drug-likeness (QED) is 0.729. The van der Waals surface area contributed by atoms with Crippen LogP contribution in [-0.2, 0) is 0 Å². The molecule has 2 heterocycles. The van der Waals surface area contributed by atoms with Crippen LogP contribution in [0.4, 0.5) is 0 Å². The molecule has 0 aliphatic carbocycles. The monoisotopic (exact) mass is 232 g/mol. The average Bonchev–Trinajstić information content (AvgIpc) is 2.26. The van der Waals surface area contributed by atoms with Gasteiger partial charge in [0.25, 0.3) is 5.56 Å². The molecule has 88 valence electrons. The lowest BCUT2D eigenvalue weighted by molar-refractivity contribution is 0.101. The minimum absolute atomic E-state index is 0.0988. The number of hydrogen-bond acceptors (Lipinski definition) is 4. The van der Waals surface area contributed by atoms with Crippen molar-refractivity contribution in [3.8, 4) is 5.75 Å². The number of ketones is 1. The van der Waals surface area contributed by atoms with Crippen molar-refractivity contribution in [3.63, 3.8) is 0 Å². The molecular formula is C12H12N2O3. The van der Waals surface area contributed by atoms with Gasteiger partial charge in [-0.05, 0) is 25.0 Å². The van der Waals surface area contributed by atoms with Gasteiger partial charge in [0.1, 0.15) is 11.2 Å². The van der Waals surface area contributed by atoms with E-state index in [1.165, 1.54) is 6.92 Å². The molecule has 0 amide bonds. The smallest absolute Gasteiger partial charge is 0.258 e. The first-order chi connectivity index (χ1) is 7.93. The van der Waals surface area contributed by atoms with Crippen LogP contribution in [0.25, 0.3) is 10.9 Å². The zero-order chi connectivity index (χ0) is 12.7. The number of hydrogen-bond donors (Lipinski definition) is 2. The van der Waals surface area contributed by atoms with E-state index in [0.717, 1.165) is 11.1 Å². The number of aromatic hydroxyl groups is 1. The number of nitrogens with zero attached hydrogens (tertiary/aromatic N) is 1. The van der Waals surface area contributed by atoms with Crippen LogP contribution in [0, 0.1) is 13.8 Å². The summed E-state index contributed by atoms with van der Waals surface area (Å²) < 4.78 is 0. The van der Waals surface area contributed by atoms with Gasteiger partial charge in [0.05, 0.1) is 5.39 Å². The Balaban J connectivity index is 3.03. The van der Waals surface area contributed by atoms with Crippen molar-refractivity contribution in [2.75, 3.05) is 0 Å². The van der Waals surface area contributed by atoms with Crippen molar-refractivity contribution in [2.24, 2.45) is 0 Å². The number of H-pyrrole nitrogens is 1. The summed E-state index contributed by atoms with van der Waals surface area (Å²) in [4.78, 5) is 29.5. The van der Waals surface area contributed by atoms with Crippen molar-refractivity contribution in [1.82, 2.24) is 9.97 Å². The number of fused-ring (bicyclic) bond motifs is 1. The number of aromatic amines is 1. The lowest BCUT2D eigenvalue weighted by Crippen LogP contribution is -2.14. The Hall–Kier alpha value is -2.17. The van der Waals surface area contributed by atoms with Crippen LogP contribution in [0.5, 0.6) is 5.75 Å². The third-order valence-electron chi connectivity index (χ3n) is 2.87. The van der Waals surface area contributed by atoms with Gasteiger partial charge in [-0.3, -0.25) is 14.6 Å². The summed E-state index contributed by atoms with van der Waals surface area (Å²) in [5.41, 5.74) is 1.27. The van der Waals surface area contributed by atoms with Crippen LogP contribution in [0.3, 0.4) is 0 Å². The predicted octanol–water partition coefficient (Wildman–Crippen LogP) is 1.45. The van der Waals surface area contributed by atoms with Gasteiger partial charge in [-0.15, -0.1) is 0 Å². The summed E-state index contributed by atoms with van der Waals surface area (Å²) in [6.45, 7) is 4.89. The van der Waals surface area contributed by atoms with E-state index in [-0.39, 0.29) is 17.0 Å². The molecule has 5 heteroatoms. The second-order valence-electron chi connectivity index (χ2n) is 4.02. The largest absolute Gasteiger partial charge is 0.504 e. The van der Waals surface area contributed by atoms with E-state index in [1.54, 1.807) is 13.1 Å². The van der Waals surface area contributed by atoms with Crippen LogP contribution < -0.4 is 5.56 Å². The van der Waals surface area contributed by atoms with Crippen molar-refractivity contribution in [2.45, 2.75) is 20.8 Å². The van der Waals surface area contributed by atoms with Crippen molar-refractivity contribution >= 4 is 16.7 Å². The van der Waals surface area contributed by atoms with E-state index in [1.807, 2.05) is 6.92 Å². The molecule has 0 radical (unpaired) electrons. The summed E-state index contributed by atoms with van der Waals surface area (Å²) in [5, 5.41) is 10.2. The topological polar surface area (TPSA) is 83.0 Å². The Morgan fingerprint density at radius 1 is 1.41 bits per heavy atom. The lowest BCUT2D eigenvalue weighted by Gasteiger charge is -2.07. The second kappa shape index (κ2) is 3.69. The maximum Gasteiger partial charge on any atom is 0.258 e. The standard InChI is InChI=1S/C12H12N2O3/c1-5-4-13-10-8(6(5)2)12(17)14-9(7(3)15)11(10)16/h4,16H,1-3H3,(H,14,17). The molecule has 0 unspecified atom stereocenters. The number of rotatable bonds is 1. The lowest BCUT2D eigenvalue weighted by atomic mass is 10.1. The molecule has 0 saturated carbocycles. The summed E-state index contributed by atoms with van der Waals surface area (Å²) in [5.74, 6) is -0.670. The molecule has 0 aromatic carbocycles. The molecule has 0 fully saturated rings. The molecule has 17 heavy (non-hydrogen) atoms. The van der Waals surface area contributed by atoms with Crippen LogP contribution in [0.2, 0.25) is 0 Å². The molecule has 5 nitrogen and oxygen atoms in total. The van der Waals surface area contributed by atoms with Gasteiger partial charge in [-0.2, -0.15) is 0 Å². The number of nitrogens with one attached hydrogen (secondary N) is 1. The van der Waals surface area contributed by atoms with Crippen molar-refractivity contribution in [1.29, 1.82) is 0 Å². The Bertz CT molecular complexity index is 686. The molecule has 2 aromatic rings. The van der Waals surface area contributed by atoms with Crippen LogP contribution in [0.1, 0.15) is 28.5 Å². The van der Waals surface area contributed by atoms with Gasteiger partial charge in [-0.1, -0.05) is 0 Å². The first-order valence-corrected chi connectivity index (χ1v) is 5.15. The van der Waals surface area contributed by atoms with Crippen LogP contribution in [-0.4, -0.2) is 20.9 Å². The van der Waals surface area contributed by atoms with Crippen LogP contribution >= 0.6 is 0 Å². The molecular weight excluding hydrogens is 220 g/mol. The molecule has 0 aliphatic rings. The highest BCUT2D eigenvalue weighted by Crippen LogP contribution is 2.25. The van der Waals surface area contributed by atoms with E-state index in [2.05, 4.69) is 9.97 Å². The van der Waals surface area contributed by atoms with Crippen LogP contribution in [0.15, 0.2) is 11.0 Å². The Labute approximate surface area is 97.1 Å². The number of pyridine rings is 2. The Morgan fingerprint density at radius 2 is 2.06 bits per heavy atom. The fraction of sp³-hybridized carbons (Fsp3) is 0.250. The molecule has 2 aromatic heterocycles. The zero-order valence-corrected chi connectivity index (χ0v) is 9.79. The number of carbonyl (C=O) groups excluding carboxylic acids is 1. The van der Waals surface area contributed by atoms with Gasteiger partial charge in [0.2, 0.25) is 0 Å². The highest BCUT2D eigenvalue weighted by Gasteiger charge is 2.16. The highest BCUT2D eigenvalue weighted by atomic mass is 16.3. The molecule has 0 bridgehead atoms. The maximum atomic E-state index is 11.9. The van der Waals surface area contributed by atoms with E-state index in [9.17, 15) is 14.7 Å². The predicted molar refractivity (Wildman–Crippen MR) is 63.5 cm³/mol. The zero-order valence-electron chi connectivity index (χ0n) is 9.79. The van der Waals surface area contributed by atoms with E-state index >= 15 is 0 Å². The minimum Gasteiger partial charge on any atom is -0.504 e. The number of aryl methyl sites for hydroxylation is 2. The molecule has 2 rings (SSSR count). The summed E-state index contributed by atoms with van der Waals surface area (Å²) in [6.07, 6.45) is 1.57. The Kier molecular flexibility index (Phi) is 2.46. The molecule has 0 aliphatic heterocycles. The summed E-state index contributed by atoms with van der Waals surface area (Å²) in [6, 6.07) is 0. The fourth-order valence-electron chi connectivity index (χ4n) is 1.76. The van der Waals surface area contributed by atoms with Gasteiger partial charge in [0, 0.05) is 13.1 Å². The second-order valence-corrected chi connectivity index (χ2v) is 4.02. The van der Waals surface area contributed by atoms with E-state index < -0.39 is 11.3 Å². The number of carbonyl (C=O) groups is 1. The summed E-state index contributed by atoms with van der Waals surface area (Å²) >= 11 is 0. The van der Waals surface area contributed by atoms with Gasteiger partial charge < -0.3 is 10.1 Å². The average molecular weight is 232 g/mol. The van der Waals surface area contributed by atoms with Gasteiger partial charge in [-0.25, -0.2) is 0 Å². The highest BCUT2D eigenvalue weighted by molar-refractivity contribution is 6.00. The molecule has 0 saturated heterocycles. The first-order valence-electron chi connectivity index (χ1n) is 5.15. The Morgan fingerprint density at radius 3 is 2.65 bits per heavy atom. The van der Waals surface area contributed by atoms with Crippen molar-refractivity contribution in [3.05, 3.63) is 33.4 Å². The minimum atomic E-state index is -0.406. The van der Waals surface area contributed by atoms with Gasteiger partial charge in [0.15, 0.2) is 11.5 Å². The first kappa shape index (κ1) is 11.3. The fourth-order valence-corrected chi connectivity index (χ4v) is 1.76. The number of Topliss-reactive ketones (excluding diaryl/α,β-unsaturated/α-hetero) is 1.